The fraction of sp³-hybridized carbons (Fsp3) is 1.00. The largest absolute Gasteiger partial charge is 0.756 e. The van der Waals surface area contributed by atoms with Crippen LogP contribution in [-0.2, 0) is 13.6 Å². The predicted molar refractivity (Wildman–Crippen MR) is 108 cm³/mol. The molecule has 0 amide bonds. The second kappa shape index (κ2) is 17.0. The molecule has 6 heteroatoms. The average Bonchev–Trinajstić information content (AvgIpc) is 2.49. The van der Waals surface area contributed by atoms with Crippen molar-refractivity contribution >= 4 is 15.1 Å². The summed E-state index contributed by atoms with van der Waals surface area (Å²) < 4.78 is 20.2. The molecule has 24 heavy (non-hydrogen) atoms. The van der Waals surface area contributed by atoms with Gasteiger partial charge >= 0.3 is 0 Å². The van der Waals surface area contributed by atoms with Gasteiger partial charge in [-0.2, -0.15) is 0 Å². The summed E-state index contributed by atoms with van der Waals surface area (Å²) in [5, 5.41) is 0. The maximum Gasteiger partial charge on any atom is 0.267 e. The topological polar surface area (TPSA) is 58.6 Å². The summed E-state index contributed by atoms with van der Waals surface area (Å²) >= 11 is 0. The zero-order chi connectivity index (χ0) is 18.9. The van der Waals surface area contributed by atoms with Gasteiger partial charge < -0.3 is 13.9 Å². The molecule has 0 aromatic carbocycles. The third kappa shape index (κ3) is 17.4. The Bertz CT molecular complexity index is 280. The van der Waals surface area contributed by atoms with Crippen LogP contribution in [0.25, 0.3) is 0 Å². The van der Waals surface area contributed by atoms with Gasteiger partial charge in [-0.05, 0) is 32.1 Å². The summed E-state index contributed by atoms with van der Waals surface area (Å²) in [4.78, 5) is 11.0. The molecule has 0 heterocycles. The maximum absolute atomic E-state index is 11.0. The molecule has 0 rings (SSSR count). The molecule has 0 aliphatic carbocycles. The van der Waals surface area contributed by atoms with E-state index in [1.54, 1.807) is 0 Å². The molecule has 148 valence electrons. The van der Waals surface area contributed by atoms with Gasteiger partial charge in [0.15, 0.2) is 0 Å². The van der Waals surface area contributed by atoms with Crippen LogP contribution in [0.1, 0.15) is 79.6 Å². The van der Waals surface area contributed by atoms with Crippen LogP contribution in [0.2, 0.25) is 0 Å². The van der Waals surface area contributed by atoms with E-state index in [1.165, 1.54) is 37.7 Å². The lowest BCUT2D eigenvalue weighted by Gasteiger charge is -2.22. The molecular weight excluding hydrogens is 342 g/mol. The second-order valence-corrected chi connectivity index (χ2v) is 12.6. The minimum absolute atomic E-state index is 0.226. The first-order chi connectivity index (χ1) is 11.3. The first-order valence-corrected chi connectivity index (χ1v) is 14.0. The van der Waals surface area contributed by atoms with Gasteiger partial charge in [0, 0.05) is 13.9 Å². The Labute approximate surface area is 152 Å². The molecule has 0 saturated carbocycles. The minimum Gasteiger partial charge on any atom is -0.756 e. The molecule has 0 saturated heterocycles. The number of rotatable bonds is 14. The van der Waals surface area contributed by atoms with Crippen molar-refractivity contribution < 1.29 is 18.5 Å². The average molecular weight is 384 g/mol. The molecule has 0 radical (unpaired) electrons. The SMILES string of the molecule is CCCCOP(=O)([O-])OCCCC.CCC[P+](C)(CCC)CCC. The normalized spacial score (nSPS) is 12.0. The summed E-state index contributed by atoms with van der Waals surface area (Å²) in [6.45, 7) is 13.9. The van der Waals surface area contributed by atoms with Crippen molar-refractivity contribution in [1.82, 2.24) is 0 Å². The highest BCUT2D eigenvalue weighted by molar-refractivity contribution is 7.75. The monoisotopic (exact) mass is 384 g/mol. The first-order valence-electron chi connectivity index (χ1n) is 9.74. The highest BCUT2D eigenvalue weighted by Crippen LogP contribution is 2.56. The first kappa shape index (κ1) is 26.8. The van der Waals surface area contributed by atoms with Gasteiger partial charge in [-0.3, -0.25) is 4.57 Å². The number of hydrogen-bond acceptors (Lipinski definition) is 4. The summed E-state index contributed by atoms with van der Waals surface area (Å²) in [6.07, 6.45) is 12.0. The van der Waals surface area contributed by atoms with Gasteiger partial charge in [0.05, 0.1) is 31.7 Å². The van der Waals surface area contributed by atoms with Crippen LogP contribution in [0.15, 0.2) is 0 Å². The Balaban J connectivity index is 0. The zero-order valence-electron chi connectivity index (χ0n) is 17.0. The third-order valence-corrected chi connectivity index (χ3v) is 9.36. The summed E-state index contributed by atoms with van der Waals surface area (Å²) in [5.74, 6) is 0. The van der Waals surface area contributed by atoms with E-state index in [0.29, 0.717) is 0 Å². The van der Waals surface area contributed by atoms with Crippen molar-refractivity contribution in [3.63, 3.8) is 0 Å². The van der Waals surface area contributed by atoms with Crippen molar-refractivity contribution in [2.45, 2.75) is 79.6 Å². The second-order valence-electron chi connectivity index (χ2n) is 6.61. The van der Waals surface area contributed by atoms with E-state index in [4.69, 9.17) is 0 Å². The summed E-state index contributed by atoms with van der Waals surface area (Å²) in [6, 6.07) is 0. The van der Waals surface area contributed by atoms with E-state index in [9.17, 15) is 9.46 Å². The molecule has 4 nitrogen and oxygen atoms in total. The van der Waals surface area contributed by atoms with Gasteiger partial charge in [0.2, 0.25) is 0 Å². The quantitative estimate of drug-likeness (QED) is 0.274. The molecule has 0 atom stereocenters. The number of hydrogen-bond donors (Lipinski definition) is 0. The minimum atomic E-state index is -4.00. The van der Waals surface area contributed by atoms with Gasteiger partial charge in [-0.25, -0.2) is 0 Å². The van der Waals surface area contributed by atoms with Crippen molar-refractivity contribution in [3.05, 3.63) is 0 Å². The molecule has 0 bridgehead atoms. The number of unbranched alkanes of at least 4 members (excludes halogenated alkanes) is 2. The third-order valence-electron chi connectivity index (χ3n) is 3.78. The van der Waals surface area contributed by atoms with E-state index < -0.39 is 15.1 Å². The Kier molecular flexibility index (Phi) is 18.9. The van der Waals surface area contributed by atoms with Gasteiger partial charge in [0.25, 0.3) is 7.82 Å². The Hall–Kier alpha value is 0.540. The molecule has 0 N–H and O–H groups in total. The molecule has 0 aliphatic heterocycles. The Morgan fingerprint density at radius 3 is 1.33 bits per heavy atom. The molecule has 0 aromatic rings. The Morgan fingerprint density at radius 2 is 1.08 bits per heavy atom. The van der Waals surface area contributed by atoms with Crippen LogP contribution in [0.5, 0.6) is 0 Å². The van der Waals surface area contributed by atoms with E-state index in [0.717, 1.165) is 25.7 Å². The molecule has 0 spiro atoms. The standard InChI is InChI=1S/C10H24P.C8H19O4P/c1-5-8-11(4,9-6-2)10-7-3;1-3-5-7-11-13(9,10)12-8-6-4-2/h5-10H2,1-4H3;3-8H2,1-2H3,(H,9,10)/q+1;/p-1. The maximum atomic E-state index is 11.0. The van der Waals surface area contributed by atoms with Crippen LogP contribution < -0.4 is 4.89 Å². The summed E-state index contributed by atoms with van der Waals surface area (Å²) in [7, 11) is -4.47. The van der Waals surface area contributed by atoms with E-state index in [2.05, 4.69) is 36.5 Å². The van der Waals surface area contributed by atoms with Gasteiger partial charge in [-0.1, -0.05) is 47.5 Å². The molecule has 0 aromatic heterocycles. The number of phosphoric acid groups is 1. The van der Waals surface area contributed by atoms with Crippen LogP contribution >= 0.6 is 15.1 Å². The fourth-order valence-corrected chi connectivity index (χ4v) is 7.32. The lowest BCUT2D eigenvalue weighted by molar-refractivity contribution is -0.225. The van der Waals surface area contributed by atoms with Crippen molar-refractivity contribution in [2.24, 2.45) is 0 Å². The summed E-state index contributed by atoms with van der Waals surface area (Å²) in [5.41, 5.74) is 0. The molecule has 0 fully saturated rings. The smallest absolute Gasteiger partial charge is 0.267 e. The van der Waals surface area contributed by atoms with Crippen molar-refractivity contribution in [3.8, 4) is 0 Å². The van der Waals surface area contributed by atoms with Crippen LogP contribution in [0, 0.1) is 0 Å². The van der Waals surface area contributed by atoms with Crippen molar-refractivity contribution in [2.75, 3.05) is 38.4 Å². The lowest BCUT2D eigenvalue weighted by Crippen LogP contribution is -2.09. The fourth-order valence-electron chi connectivity index (χ4n) is 2.63. The van der Waals surface area contributed by atoms with Crippen molar-refractivity contribution in [1.29, 1.82) is 0 Å². The highest BCUT2D eigenvalue weighted by Gasteiger charge is 2.27. The van der Waals surface area contributed by atoms with Gasteiger partial charge in [-0.15, -0.1) is 0 Å². The molecule has 0 aliphatic rings. The van der Waals surface area contributed by atoms with Crippen LogP contribution in [-0.4, -0.2) is 38.4 Å². The molecular formula is C18H42O4P2. The highest BCUT2D eigenvalue weighted by atomic mass is 31.2. The van der Waals surface area contributed by atoms with Crippen LogP contribution in [0.3, 0.4) is 0 Å². The van der Waals surface area contributed by atoms with Gasteiger partial charge in [0.1, 0.15) is 0 Å². The lowest BCUT2D eigenvalue weighted by atomic mass is 10.4. The molecule has 0 unspecified atom stereocenters. The van der Waals surface area contributed by atoms with E-state index >= 15 is 0 Å². The zero-order valence-corrected chi connectivity index (χ0v) is 18.8. The van der Waals surface area contributed by atoms with E-state index in [1.807, 2.05) is 13.8 Å². The van der Waals surface area contributed by atoms with Crippen LogP contribution in [0.4, 0.5) is 0 Å². The number of phosphoric ester groups is 1. The Morgan fingerprint density at radius 1 is 0.750 bits per heavy atom. The predicted octanol–water partition coefficient (Wildman–Crippen LogP) is 5.95. The van der Waals surface area contributed by atoms with E-state index in [-0.39, 0.29) is 13.2 Å².